The van der Waals surface area contributed by atoms with Gasteiger partial charge in [-0.25, -0.2) is 0 Å². The molecule has 0 bridgehead atoms. The van der Waals surface area contributed by atoms with Crippen LogP contribution in [0.1, 0.15) is 37.8 Å². The lowest BCUT2D eigenvalue weighted by molar-refractivity contribution is 0.386. The molecule has 26 heavy (non-hydrogen) atoms. The van der Waals surface area contributed by atoms with E-state index in [1.807, 2.05) is 18.2 Å². The molecule has 0 heterocycles. The molecule has 0 radical (unpaired) electrons. The molecule has 2 aromatic carbocycles. The van der Waals surface area contributed by atoms with Gasteiger partial charge in [0.25, 0.3) is 0 Å². The van der Waals surface area contributed by atoms with Gasteiger partial charge in [0.05, 0.1) is 45.3 Å². The first kappa shape index (κ1) is 19.5. The van der Waals surface area contributed by atoms with Crippen LogP contribution < -0.4 is 18.9 Å². The number of unbranched alkanes of at least 4 members (excludes halogenated alkanes) is 1. The molecule has 0 aromatic heterocycles. The average Bonchev–Trinajstić information content (AvgIpc) is 2.68. The molecule has 0 spiro atoms. The van der Waals surface area contributed by atoms with Crippen molar-refractivity contribution in [1.29, 1.82) is 0 Å². The molecule has 1 atom stereocenters. The highest BCUT2D eigenvalue weighted by Crippen LogP contribution is 2.48. The van der Waals surface area contributed by atoms with Crippen molar-refractivity contribution in [3.8, 4) is 23.0 Å². The summed E-state index contributed by atoms with van der Waals surface area (Å²) in [7, 11) is 6.39. The second kappa shape index (κ2) is 9.06. The first-order valence-electron chi connectivity index (χ1n) is 8.50. The Morgan fingerprint density at radius 3 is 2.08 bits per heavy atom. The van der Waals surface area contributed by atoms with Crippen LogP contribution in [0.3, 0.4) is 0 Å². The normalized spacial score (nSPS) is 11.6. The van der Waals surface area contributed by atoms with Crippen molar-refractivity contribution in [2.45, 2.75) is 32.2 Å². The Morgan fingerprint density at radius 1 is 0.962 bits per heavy atom. The smallest absolute Gasteiger partial charge is 0.134 e. The Kier molecular flexibility index (Phi) is 6.81. The van der Waals surface area contributed by atoms with Crippen molar-refractivity contribution in [2.24, 2.45) is 5.11 Å². The van der Waals surface area contributed by atoms with E-state index >= 15 is 0 Å². The molecule has 140 valence electrons. The SMILES string of the molecule is CCCCC(N=[N+]=[N-])c1cc(OC)c2c(OC)ccc(OC)c2c1OC. The van der Waals surface area contributed by atoms with E-state index in [0.717, 1.165) is 35.6 Å². The summed E-state index contributed by atoms with van der Waals surface area (Å²) in [6.07, 6.45) is 2.65. The van der Waals surface area contributed by atoms with Crippen LogP contribution >= 0.6 is 0 Å². The summed E-state index contributed by atoms with van der Waals surface area (Å²) in [5, 5.41) is 5.48. The molecule has 7 nitrogen and oxygen atoms in total. The van der Waals surface area contributed by atoms with Gasteiger partial charge in [0, 0.05) is 10.5 Å². The fourth-order valence-electron chi connectivity index (χ4n) is 3.16. The van der Waals surface area contributed by atoms with Crippen LogP contribution in [0, 0.1) is 0 Å². The molecule has 0 aliphatic heterocycles. The Morgan fingerprint density at radius 2 is 1.58 bits per heavy atom. The Hall–Kier alpha value is -2.79. The number of hydrogen-bond acceptors (Lipinski definition) is 5. The topological polar surface area (TPSA) is 85.7 Å². The van der Waals surface area contributed by atoms with Crippen LogP contribution in [0.2, 0.25) is 0 Å². The summed E-state index contributed by atoms with van der Waals surface area (Å²) in [5.41, 5.74) is 9.80. The Bertz CT molecular complexity index is 816. The van der Waals surface area contributed by atoms with Gasteiger partial charge in [-0.15, -0.1) is 0 Å². The van der Waals surface area contributed by atoms with Crippen molar-refractivity contribution < 1.29 is 18.9 Å². The minimum absolute atomic E-state index is 0.357. The number of hydrogen-bond donors (Lipinski definition) is 0. The van der Waals surface area contributed by atoms with E-state index in [2.05, 4.69) is 16.9 Å². The fourth-order valence-corrected chi connectivity index (χ4v) is 3.16. The largest absolute Gasteiger partial charge is 0.496 e. The number of benzene rings is 2. The van der Waals surface area contributed by atoms with Gasteiger partial charge in [-0.1, -0.05) is 24.9 Å². The fraction of sp³-hybridized carbons (Fsp3) is 0.474. The van der Waals surface area contributed by atoms with E-state index in [1.165, 1.54) is 0 Å². The van der Waals surface area contributed by atoms with E-state index in [1.54, 1.807) is 28.4 Å². The number of methoxy groups -OCH3 is 4. The molecule has 0 saturated carbocycles. The Balaban J connectivity index is 2.89. The zero-order chi connectivity index (χ0) is 19.1. The molecule has 2 aromatic rings. The highest BCUT2D eigenvalue weighted by molar-refractivity contribution is 6.03. The van der Waals surface area contributed by atoms with Gasteiger partial charge in [0.2, 0.25) is 0 Å². The lowest BCUT2D eigenvalue weighted by Crippen LogP contribution is -2.03. The maximum Gasteiger partial charge on any atom is 0.134 e. The maximum absolute atomic E-state index is 9.03. The second-order valence-electron chi connectivity index (χ2n) is 5.78. The molecule has 0 aliphatic rings. The van der Waals surface area contributed by atoms with E-state index in [-0.39, 0.29) is 6.04 Å². The van der Waals surface area contributed by atoms with E-state index in [9.17, 15) is 0 Å². The number of rotatable bonds is 9. The van der Waals surface area contributed by atoms with Crippen molar-refractivity contribution in [2.75, 3.05) is 28.4 Å². The van der Waals surface area contributed by atoms with E-state index in [0.29, 0.717) is 23.0 Å². The predicted molar refractivity (Wildman–Crippen MR) is 102 cm³/mol. The van der Waals surface area contributed by atoms with Gasteiger partial charge in [-0.05, 0) is 30.2 Å². The molecule has 0 aliphatic carbocycles. The lowest BCUT2D eigenvalue weighted by Gasteiger charge is -2.21. The summed E-state index contributed by atoms with van der Waals surface area (Å²) in [6, 6.07) is 5.15. The van der Waals surface area contributed by atoms with Gasteiger partial charge in [-0.3, -0.25) is 0 Å². The minimum atomic E-state index is -0.357. The molecule has 1 unspecified atom stereocenters. The van der Waals surface area contributed by atoms with Crippen molar-refractivity contribution >= 4 is 10.8 Å². The highest BCUT2D eigenvalue weighted by atomic mass is 16.5. The van der Waals surface area contributed by atoms with Gasteiger partial charge in [0.1, 0.15) is 23.0 Å². The van der Waals surface area contributed by atoms with Gasteiger partial charge < -0.3 is 18.9 Å². The molecule has 0 N–H and O–H groups in total. The summed E-state index contributed by atoms with van der Waals surface area (Å²) in [6.45, 7) is 2.10. The molecular formula is C19H25N3O4. The molecule has 0 amide bonds. The molecule has 7 heteroatoms. The van der Waals surface area contributed by atoms with Crippen molar-refractivity contribution in [3.05, 3.63) is 34.2 Å². The van der Waals surface area contributed by atoms with Crippen LogP contribution in [0.5, 0.6) is 23.0 Å². The molecule has 2 rings (SSSR count). The summed E-state index contributed by atoms with van der Waals surface area (Å²) >= 11 is 0. The van der Waals surface area contributed by atoms with Crippen LogP contribution in [0.15, 0.2) is 23.3 Å². The Labute approximate surface area is 153 Å². The van der Waals surface area contributed by atoms with Crippen molar-refractivity contribution in [1.82, 2.24) is 0 Å². The van der Waals surface area contributed by atoms with Gasteiger partial charge in [0.15, 0.2) is 0 Å². The lowest BCUT2D eigenvalue weighted by atomic mass is 9.95. The summed E-state index contributed by atoms with van der Waals surface area (Å²) < 4.78 is 22.4. The second-order valence-corrected chi connectivity index (χ2v) is 5.78. The zero-order valence-corrected chi connectivity index (χ0v) is 15.9. The summed E-state index contributed by atoms with van der Waals surface area (Å²) in [5.74, 6) is 2.50. The average molecular weight is 359 g/mol. The summed E-state index contributed by atoms with van der Waals surface area (Å²) in [4.78, 5) is 3.03. The monoisotopic (exact) mass is 359 g/mol. The quantitative estimate of drug-likeness (QED) is 0.340. The zero-order valence-electron chi connectivity index (χ0n) is 15.9. The van der Waals surface area contributed by atoms with Crippen LogP contribution in [-0.4, -0.2) is 28.4 Å². The van der Waals surface area contributed by atoms with Crippen LogP contribution in [0.4, 0.5) is 0 Å². The number of nitrogens with zero attached hydrogens (tertiary/aromatic N) is 3. The standard InChI is InChI=1S/C19H25N3O4/c1-6-7-8-13(21-22-20)12-11-16(25-4)17-14(23-2)9-10-15(24-3)18(17)19(12)26-5/h9-11,13H,6-8H2,1-5H3. The van der Waals surface area contributed by atoms with E-state index in [4.69, 9.17) is 24.5 Å². The third kappa shape index (κ3) is 3.58. The number of azide groups is 1. The molecule has 0 saturated heterocycles. The third-order valence-electron chi connectivity index (χ3n) is 4.40. The third-order valence-corrected chi connectivity index (χ3v) is 4.40. The van der Waals surface area contributed by atoms with Crippen LogP contribution in [-0.2, 0) is 0 Å². The molecule has 0 fully saturated rings. The van der Waals surface area contributed by atoms with E-state index < -0.39 is 0 Å². The predicted octanol–water partition coefficient (Wildman–Crippen LogP) is 5.42. The number of fused-ring (bicyclic) bond motifs is 1. The van der Waals surface area contributed by atoms with Gasteiger partial charge in [-0.2, -0.15) is 0 Å². The maximum atomic E-state index is 9.03. The van der Waals surface area contributed by atoms with Gasteiger partial charge >= 0.3 is 0 Å². The number of ether oxygens (including phenoxy) is 4. The molecular weight excluding hydrogens is 334 g/mol. The minimum Gasteiger partial charge on any atom is -0.496 e. The first-order chi connectivity index (χ1) is 12.7. The highest BCUT2D eigenvalue weighted by Gasteiger charge is 2.24. The first-order valence-corrected chi connectivity index (χ1v) is 8.50. The van der Waals surface area contributed by atoms with Crippen molar-refractivity contribution in [3.63, 3.8) is 0 Å². The van der Waals surface area contributed by atoms with Crippen LogP contribution in [0.25, 0.3) is 21.2 Å².